The molecule has 2 aliphatic carbocycles. The van der Waals surface area contributed by atoms with Gasteiger partial charge in [-0.1, -0.05) is 125 Å². The van der Waals surface area contributed by atoms with Crippen molar-refractivity contribution in [1.82, 2.24) is 41.9 Å². The Labute approximate surface area is 810 Å². The molecule has 4 aromatic carbocycles. The van der Waals surface area contributed by atoms with E-state index in [1.807, 2.05) is 211 Å². The Bertz CT molecular complexity index is 5140. The van der Waals surface area contributed by atoms with Gasteiger partial charge in [0, 0.05) is 119 Å². The Kier molecular flexibility index (Phi) is 59.6. The summed E-state index contributed by atoms with van der Waals surface area (Å²) in [4.78, 5) is 75.0. The van der Waals surface area contributed by atoms with Crippen LogP contribution in [0.3, 0.4) is 0 Å². The third kappa shape index (κ3) is 54.3. The second kappa shape index (κ2) is 68.7. The van der Waals surface area contributed by atoms with Crippen molar-refractivity contribution >= 4 is 96.4 Å². The van der Waals surface area contributed by atoms with E-state index in [9.17, 15) is 33.8 Å². The van der Waals surface area contributed by atoms with Gasteiger partial charge in [0.05, 0.1) is 66.8 Å². The molecule has 138 heavy (non-hydrogen) atoms. The number of hydrogen-bond acceptors (Lipinski definition) is 26. The van der Waals surface area contributed by atoms with Crippen molar-refractivity contribution in [2.24, 2.45) is 31.3 Å². The molecule has 12 rings (SSSR count). The SMILES string of the molecule is C.C=Cc1ccc(NCC(C)O)cc1.C=Cc1ccc(OCC(C)O)cc1.CB(O)c1ccc(OCC(C)O)cc1.CC(=O)N/N=C/c1ccc(-c2ccccn2)[n+](C)c1.CC(=O)N/N=C/c1cccc[n+]1C.CC(=O)NNC(=O)c1ccc(-c2ccccn2)[n+](C)c1.CC(O)CN1C(=O)C=CC1=O.CC(O)CNC1=CC=CC1.CC(O)CNc1ccc(B(O)O)cc1.CC(O)COC1=CC=CC1. The Hall–Kier alpha value is -14.3. The summed E-state index contributed by atoms with van der Waals surface area (Å²) < 4.78 is 21.5. The maximum atomic E-state index is 11.8. The van der Waals surface area contributed by atoms with Crippen LogP contribution in [0.15, 0.2) is 290 Å². The van der Waals surface area contributed by atoms with Crippen LogP contribution in [-0.2, 0) is 49.9 Å². The minimum absolute atomic E-state index is 0. The van der Waals surface area contributed by atoms with E-state index >= 15 is 0 Å². The molecule has 738 valence electrons. The third-order valence-corrected chi connectivity index (χ3v) is 17.7. The topological polar surface area (TPSA) is 482 Å². The number of hydrazine groups is 1. The molecule has 0 spiro atoms. The van der Waals surface area contributed by atoms with Gasteiger partial charge in [0.25, 0.3) is 17.7 Å². The molecular weight excluding hydrogens is 1760 g/mol. The summed E-state index contributed by atoms with van der Waals surface area (Å²) in [6, 6.07) is 53.9. The number of ether oxygens (including phenoxy) is 3. The first-order valence-electron chi connectivity index (χ1n) is 44.0. The summed E-state index contributed by atoms with van der Waals surface area (Å²) in [5, 5.41) is 106. The average molecular weight is 1900 g/mol. The van der Waals surface area contributed by atoms with E-state index < -0.39 is 38.4 Å². The van der Waals surface area contributed by atoms with Crippen LogP contribution < -0.4 is 71.8 Å². The first-order chi connectivity index (χ1) is 65.2. The third-order valence-electron chi connectivity index (χ3n) is 17.7. The number of benzene rings is 4. The number of rotatable bonds is 31. The maximum absolute atomic E-state index is 11.8. The summed E-state index contributed by atoms with van der Waals surface area (Å²) >= 11 is 0. The van der Waals surface area contributed by atoms with Crippen LogP contribution in [0.25, 0.3) is 34.9 Å². The molecule has 5 aromatic heterocycles. The normalized spacial score (nSPS) is 12.9. The lowest BCUT2D eigenvalue weighted by atomic mass is 9.64. The summed E-state index contributed by atoms with van der Waals surface area (Å²) in [6.07, 6.45) is 29.1. The quantitative estimate of drug-likeness (QED) is 0.00685. The van der Waals surface area contributed by atoms with Crippen LogP contribution in [0.4, 0.5) is 11.4 Å². The standard InChI is InChI=1S/C14H14N4O2.C14H14N4O.C11H15NO.C11H14O2.C10H15BO3.C9H14BNO3.C9H11N3O.C8H13NO.C8H12O2.C7H9NO3.CH4/c1-10(19)16-17-14(20)11-6-7-13(18(2)9-11)12-5-3-4-8-15-12;1-11(19)17-16-9-12-6-7-14(18(2)10-12)13-5-3-4-8-15-13;1-3-10-4-6-11(7-5-10)12-8-9(2)13;1-3-10-4-6-11(7-5-10)13-8-9(2)12;1-8(12)7-14-10-5-3-9(4-6-10)11(2)13;1-7(12)6-11-9-4-2-8(3-5-9)10(13)14;1-8(13)11-10-7-9-5-3-4-6-12(9)2;1-7(10)6-9-8-4-2-3-5-8;1-7(9)6-10-8-4-2-3-5-8;1-5(9)4-8-6(10)2-3-7(8)11;/h3-9,15H,1-2H3;3-10H,1-2H3;3-7,9,12-13H,1,8H2,2H3;3-7,9,12H,1,8H2,2H3;3-6,8,12-13H,7H2,1-2H3;2-5,7,11-14H,6H2,1H3;3-7H,1-2H3;2-4,7,9-10H,5-6H2,1H3;2-4,7,9H,5-6H2,1H3;2-3,5,9H,4H2,1H3;1H4/p+3. The highest BCUT2D eigenvalue weighted by Crippen LogP contribution is 2.18. The molecule has 34 nitrogen and oxygen atoms in total. The smallest absolute Gasteiger partial charge is 0.488 e. The predicted octanol–water partition coefficient (Wildman–Crippen LogP) is 6.97. The molecule has 1 aliphatic heterocycles. The van der Waals surface area contributed by atoms with E-state index in [2.05, 4.69) is 77.1 Å². The Morgan fingerprint density at radius 3 is 1.34 bits per heavy atom. The lowest BCUT2D eigenvalue weighted by Crippen LogP contribution is -2.41. The first-order valence-corrected chi connectivity index (χ1v) is 44.0. The number of aliphatic hydroxyl groups is 7. The second-order valence-corrected chi connectivity index (χ2v) is 31.1. The van der Waals surface area contributed by atoms with Crippen LogP contribution in [-0.4, -0.2) is 216 Å². The largest absolute Gasteiger partial charge is 0.495 e. The van der Waals surface area contributed by atoms with Gasteiger partial charge in [-0.2, -0.15) is 19.3 Å². The molecule has 7 atom stereocenters. The zero-order valence-electron chi connectivity index (χ0n) is 80.3. The summed E-state index contributed by atoms with van der Waals surface area (Å²) in [6.45, 7) is 27.3. The van der Waals surface area contributed by atoms with Crippen molar-refractivity contribution in [3.8, 4) is 34.3 Å². The van der Waals surface area contributed by atoms with E-state index in [0.717, 1.165) is 91.2 Å². The van der Waals surface area contributed by atoms with Crippen molar-refractivity contribution in [2.75, 3.05) is 56.6 Å². The highest BCUT2D eigenvalue weighted by molar-refractivity contribution is 6.64. The van der Waals surface area contributed by atoms with E-state index in [0.29, 0.717) is 49.6 Å². The zero-order valence-corrected chi connectivity index (χ0v) is 80.3. The predicted molar refractivity (Wildman–Crippen MR) is 543 cm³/mol. The molecule has 3 aliphatic rings. The Morgan fingerprint density at radius 1 is 0.486 bits per heavy atom. The molecular formula is C102H138B2N15O19+3. The minimum Gasteiger partial charge on any atom is -0.495 e. The number of pyridine rings is 5. The number of hydrogen-bond donors (Lipinski definition) is 17. The van der Waals surface area contributed by atoms with Crippen molar-refractivity contribution < 1.29 is 107 Å². The summed E-state index contributed by atoms with van der Waals surface area (Å²) in [7, 11) is 4.26. The number of carbonyl (C=O) groups is 6. The van der Waals surface area contributed by atoms with Crippen LogP contribution >= 0.6 is 0 Å². The van der Waals surface area contributed by atoms with Crippen LogP contribution in [0.5, 0.6) is 11.5 Å². The number of imide groups is 1. The number of aryl methyl sites for hydroxylation is 3. The highest BCUT2D eigenvalue weighted by Gasteiger charge is 2.24. The zero-order chi connectivity index (χ0) is 102. The van der Waals surface area contributed by atoms with E-state index in [1.54, 1.807) is 134 Å². The molecule has 0 saturated heterocycles. The summed E-state index contributed by atoms with van der Waals surface area (Å²) in [5.41, 5.74) is 21.7. The van der Waals surface area contributed by atoms with Crippen molar-refractivity contribution in [1.29, 1.82) is 0 Å². The fourth-order valence-electron chi connectivity index (χ4n) is 10.8. The number of anilines is 2. The number of nitrogens with zero attached hydrogens (tertiary/aromatic N) is 8. The first kappa shape index (κ1) is 120. The van der Waals surface area contributed by atoms with Crippen molar-refractivity contribution in [3.05, 3.63) is 308 Å². The molecule has 0 saturated carbocycles. The van der Waals surface area contributed by atoms with Gasteiger partial charge in [-0.3, -0.25) is 44.5 Å². The molecule has 0 bridgehead atoms. The maximum Gasteiger partial charge on any atom is 0.488 e. The number of carbonyl (C=O) groups excluding carboxylic acids is 6. The fourth-order valence-corrected chi connectivity index (χ4v) is 10.8. The molecule has 0 radical (unpaired) electrons. The molecule has 36 heteroatoms. The Morgan fingerprint density at radius 2 is 0.928 bits per heavy atom. The van der Waals surface area contributed by atoms with Crippen molar-refractivity contribution in [2.45, 2.75) is 139 Å². The average Bonchev–Trinajstić information content (AvgIpc) is 1.24. The molecule has 17 N–H and O–H groups in total. The van der Waals surface area contributed by atoms with Crippen LogP contribution in [0.2, 0.25) is 6.82 Å². The molecule has 6 heterocycles. The Balaban J connectivity index is 0.000000522. The van der Waals surface area contributed by atoms with Gasteiger partial charge >= 0.3 is 14.0 Å². The van der Waals surface area contributed by atoms with E-state index in [4.69, 9.17) is 60.0 Å². The van der Waals surface area contributed by atoms with Gasteiger partial charge in [0.15, 0.2) is 18.6 Å². The van der Waals surface area contributed by atoms with Gasteiger partial charge in [-0.25, -0.2) is 25.4 Å². The fraction of sp³-hybridized carbons (Fsp3) is 0.304. The van der Waals surface area contributed by atoms with Crippen LogP contribution in [0.1, 0.15) is 122 Å². The molecule has 7 unspecified atom stereocenters. The number of β-amino-alcohol motifs (C(OH)–C–C–N with tert-alkyl or cyclic N) is 1. The minimum atomic E-state index is -1.43. The lowest BCUT2D eigenvalue weighted by molar-refractivity contribution is -0.672. The van der Waals surface area contributed by atoms with E-state index in [1.165, 1.54) is 45.5 Å². The number of aromatic nitrogens is 5. The molecule has 6 amide bonds. The van der Waals surface area contributed by atoms with Gasteiger partial charge < -0.3 is 81.0 Å². The van der Waals surface area contributed by atoms with Gasteiger partial charge in [-0.15, -0.1) is 0 Å². The van der Waals surface area contributed by atoms with Gasteiger partial charge in [-0.05, 0) is 174 Å². The number of amides is 6. The highest BCUT2D eigenvalue weighted by atomic mass is 16.5. The number of allylic oxidation sites excluding steroid dienone is 6. The number of aliphatic hydroxyl groups excluding tert-OH is 7. The molecule has 9 aromatic rings. The van der Waals surface area contributed by atoms with E-state index in [-0.39, 0.29) is 74.3 Å². The number of hydrazone groups is 2. The summed E-state index contributed by atoms with van der Waals surface area (Å²) in [5.74, 6) is 0.659. The van der Waals surface area contributed by atoms with Crippen LogP contribution in [0, 0.1) is 0 Å². The lowest BCUT2D eigenvalue weighted by Gasteiger charge is -2.14. The van der Waals surface area contributed by atoms with Gasteiger partial charge in [0.2, 0.25) is 34.8 Å². The van der Waals surface area contributed by atoms with Crippen molar-refractivity contribution in [3.63, 3.8) is 0 Å². The number of nitrogens with one attached hydrogen (secondary N) is 7. The monoisotopic (exact) mass is 1900 g/mol. The van der Waals surface area contributed by atoms with Gasteiger partial charge in [0.1, 0.15) is 75.6 Å². The molecule has 0 fully saturated rings. The second-order valence-electron chi connectivity index (χ2n) is 31.1.